The van der Waals surface area contributed by atoms with E-state index in [0.29, 0.717) is 0 Å². The van der Waals surface area contributed by atoms with E-state index in [-0.39, 0.29) is 11.1 Å². The Morgan fingerprint density at radius 1 is 1.40 bits per heavy atom. The zero-order valence-corrected chi connectivity index (χ0v) is 8.38. The van der Waals surface area contributed by atoms with Crippen molar-refractivity contribution in [2.24, 2.45) is 0 Å². The molecule has 0 fully saturated rings. The van der Waals surface area contributed by atoms with E-state index in [1.807, 2.05) is 0 Å². The Balaban J connectivity index is 3.03. The largest absolute Gasteiger partial charge is 0.466 e. The van der Waals surface area contributed by atoms with Gasteiger partial charge in [0.15, 0.2) is 0 Å². The van der Waals surface area contributed by atoms with Gasteiger partial charge in [-0.3, -0.25) is 0 Å². The predicted molar refractivity (Wildman–Crippen MR) is 52.0 cm³/mol. The van der Waals surface area contributed by atoms with Gasteiger partial charge in [0.05, 0.1) is 7.11 Å². The number of methoxy groups -OCH3 is 1. The fourth-order valence-corrected chi connectivity index (χ4v) is 1.07. The summed E-state index contributed by atoms with van der Waals surface area (Å²) in [6, 6.07) is 3.15. The average Bonchev–Trinajstić information content (AvgIpc) is 2.20. The molecule has 0 spiro atoms. The summed E-state index contributed by atoms with van der Waals surface area (Å²) in [6.07, 6.45) is 1.31. The summed E-state index contributed by atoms with van der Waals surface area (Å²) in [5.41, 5.74) is 0.405. The summed E-state index contributed by atoms with van der Waals surface area (Å²) in [5, 5.41) is 0. The van der Waals surface area contributed by atoms with Crippen molar-refractivity contribution >= 4 is 12.0 Å². The molecule has 0 heterocycles. The molecule has 4 heteroatoms. The van der Waals surface area contributed by atoms with Crippen LogP contribution in [0.5, 0.6) is 0 Å². The molecule has 0 N–H and O–H groups in total. The molecule has 0 saturated heterocycles. The first-order valence-electron chi connectivity index (χ1n) is 4.26. The number of hydrogen-bond acceptors (Lipinski definition) is 2. The predicted octanol–water partition coefficient (Wildman–Crippen LogP) is 2.54. The maximum Gasteiger partial charge on any atom is 0.333 e. The van der Waals surface area contributed by atoms with Gasteiger partial charge in [0.2, 0.25) is 0 Å². The third-order valence-electron chi connectivity index (χ3n) is 1.84. The van der Waals surface area contributed by atoms with Crippen LogP contribution in [0.15, 0.2) is 23.8 Å². The summed E-state index contributed by atoms with van der Waals surface area (Å²) in [4.78, 5) is 11.0. The topological polar surface area (TPSA) is 26.3 Å². The lowest BCUT2D eigenvalue weighted by molar-refractivity contribution is -0.135. The van der Waals surface area contributed by atoms with Crippen LogP contribution in [0.2, 0.25) is 0 Å². The molecule has 0 saturated carbocycles. The molecule has 15 heavy (non-hydrogen) atoms. The van der Waals surface area contributed by atoms with Gasteiger partial charge in [-0.05, 0) is 25.1 Å². The van der Waals surface area contributed by atoms with E-state index in [1.165, 1.54) is 26.2 Å². The zero-order valence-electron chi connectivity index (χ0n) is 8.38. The van der Waals surface area contributed by atoms with E-state index in [4.69, 9.17) is 0 Å². The minimum Gasteiger partial charge on any atom is -0.466 e. The van der Waals surface area contributed by atoms with Crippen LogP contribution in [0.25, 0.3) is 6.08 Å². The van der Waals surface area contributed by atoms with Crippen LogP contribution in [-0.2, 0) is 9.53 Å². The first kappa shape index (κ1) is 11.4. The highest BCUT2D eigenvalue weighted by atomic mass is 19.1. The molecule has 0 amide bonds. The van der Waals surface area contributed by atoms with E-state index in [2.05, 4.69) is 4.74 Å². The van der Waals surface area contributed by atoms with Crippen LogP contribution in [0.4, 0.5) is 8.78 Å². The molecule has 2 nitrogen and oxygen atoms in total. The number of carbonyl (C=O) groups excluding carboxylic acids is 1. The molecule has 0 aromatic heterocycles. The molecule has 80 valence electrons. The molecule has 0 atom stereocenters. The van der Waals surface area contributed by atoms with Gasteiger partial charge in [0.25, 0.3) is 0 Å². The van der Waals surface area contributed by atoms with Crippen LogP contribution in [0.3, 0.4) is 0 Å². The van der Waals surface area contributed by atoms with Crippen LogP contribution in [-0.4, -0.2) is 13.1 Å². The molecule has 0 aliphatic rings. The molecule has 0 bridgehead atoms. The molecular formula is C11H10F2O2. The van der Waals surface area contributed by atoms with E-state index in [1.54, 1.807) is 0 Å². The van der Waals surface area contributed by atoms with Crippen LogP contribution < -0.4 is 0 Å². The number of carbonyl (C=O) groups is 1. The molecule has 0 unspecified atom stereocenters. The fourth-order valence-electron chi connectivity index (χ4n) is 1.07. The van der Waals surface area contributed by atoms with Gasteiger partial charge in [-0.1, -0.05) is 0 Å². The van der Waals surface area contributed by atoms with Crippen molar-refractivity contribution < 1.29 is 18.3 Å². The minimum absolute atomic E-state index is 0.152. The fraction of sp³-hybridized carbons (Fsp3) is 0.182. The summed E-state index contributed by atoms with van der Waals surface area (Å²) in [5.74, 6) is -1.91. The second-order valence-corrected chi connectivity index (χ2v) is 2.98. The number of rotatable bonds is 2. The summed E-state index contributed by atoms with van der Waals surface area (Å²) in [7, 11) is 1.24. The third kappa shape index (κ3) is 2.87. The molecule has 0 aliphatic heterocycles. The number of hydrogen-bond donors (Lipinski definition) is 0. The van der Waals surface area contributed by atoms with Gasteiger partial charge >= 0.3 is 5.97 Å². The van der Waals surface area contributed by atoms with E-state index >= 15 is 0 Å². The van der Waals surface area contributed by atoms with Crippen molar-refractivity contribution in [1.29, 1.82) is 0 Å². The number of esters is 1. The first-order valence-corrected chi connectivity index (χ1v) is 4.26. The highest BCUT2D eigenvalue weighted by Crippen LogP contribution is 2.13. The van der Waals surface area contributed by atoms with Crippen LogP contribution in [0, 0.1) is 11.6 Å². The van der Waals surface area contributed by atoms with Crippen LogP contribution in [0.1, 0.15) is 12.5 Å². The lowest BCUT2D eigenvalue weighted by Gasteiger charge is -2.00. The van der Waals surface area contributed by atoms with Gasteiger partial charge in [0.1, 0.15) is 11.6 Å². The number of benzene rings is 1. The van der Waals surface area contributed by atoms with Crippen molar-refractivity contribution in [3.05, 3.63) is 41.0 Å². The Kier molecular flexibility index (Phi) is 3.55. The van der Waals surface area contributed by atoms with E-state index in [9.17, 15) is 13.6 Å². The summed E-state index contributed by atoms with van der Waals surface area (Å²) < 4.78 is 30.1. The van der Waals surface area contributed by atoms with E-state index in [0.717, 1.165) is 12.1 Å². The van der Waals surface area contributed by atoms with E-state index < -0.39 is 17.6 Å². The van der Waals surface area contributed by atoms with Gasteiger partial charge in [0, 0.05) is 17.2 Å². The van der Waals surface area contributed by atoms with Gasteiger partial charge in [-0.25, -0.2) is 13.6 Å². The van der Waals surface area contributed by atoms with Gasteiger partial charge in [-0.15, -0.1) is 0 Å². The lowest BCUT2D eigenvalue weighted by atomic mass is 10.1. The molecule has 1 aromatic carbocycles. The van der Waals surface area contributed by atoms with Crippen molar-refractivity contribution in [3.8, 4) is 0 Å². The van der Waals surface area contributed by atoms with Crippen molar-refractivity contribution in [1.82, 2.24) is 0 Å². The number of halogens is 2. The zero-order chi connectivity index (χ0) is 11.4. The highest BCUT2D eigenvalue weighted by molar-refractivity contribution is 5.92. The monoisotopic (exact) mass is 212 g/mol. The normalized spacial score (nSPS) is 11.3. The molecule has 1 aromatic rings. The molecule has 1 rings (SSSR count). The van der Waals surface area contributed by atoms with Crippen molar-refractivity contribution in [2.45, 2.75) is 6.92 Å². The Morgan fingerprint density at radius 2 is 2.07 bits per heavy atom. The lowest BCUT2D eigenvalue weighted by Crippen LogP contribution is -2.01. The Bertz CT molecular complexity index is 411. The average molecular weight is 212 g/mol. The molecular weight excluding hydrogens is 202 g/mol. The highest BCUT2D eigenvalue weighted by Gasteiger charge is 2.06. The molecule has 0 radical (unpaired) electrons. The van der Waals surface area contributed by atoms with Crippen LogP contribution >= 0.6 is 0 Å². The Labute approximate surface area is 86.2 Å². The molecule has 0 aliphatic carbocycles. The standard InChI is InChI=1S/C11H10F2O2/c1-7(11(14)15-2)5-8-3-4-9(12)6-10(8)13/h3-6H,1-2H3/b7-5+. The maximum atomic E-state index is 13.1. The van der Waals surface area contributed by atoms with Gasteiger partial charge < -0.3 is 4.74 Å². The summed E-state index contributed by atoms with van der Waals surface area (Å²) in [6.45, 7) is 1.49. The van der Waals surface area contributed by atoms with Gasteiger partial charge in [-0.2, -0.15) is 0 Å². The second-order valence-electron chi connectivity index (χ2n) is 2.98. The smallest absolute Gasteiger partial charge is 0.333 e. The SMILES string of the molecule is COC(=O)/C(C)=C/c1ccc(F)cc1F. The Hall–Kier alpha value is -1.71. The first-order chi connectivity index (χ1) is 7.04. The Morgan fingerprint density at radius 3 is 2.60 bits per heavy atom. The van der Waals surface area contributed by atoms with Crippen molar-refractivity contribution in [3.63, 3.8) is 0 Å². The quantitative estimate of drug-likeness (QED) is 0.556. The third-order valence-corrected chi connectivity index (χ3v) is 1.84. The minimum atomic E-state index is -0.710. The second kappa shape index (κ2) is 4.68. The summed E-state index contributed by atoms with van der Waals surface area (Å²) >= 11 is 0. The maximum absolute atomic E-state index is 13.1. The van der Waals surface area contributed by atoms with Crippen molar-refractivity contribution in [2.75, 3.05) is 7.11 Å². The number of ether oxygens (including phenoxy) is 1.